The highest BCUT2D eigenvalue weighted by atomic mass is 14.7. The predicted octanol–water partition coefficient (Wildman–Crippen LogP) is 4.06. The van der Waals surface area contributed by atoms with Crippen LogP contribution in [0.25, 0.3) is 0 Å². The number of aryl methyl sites for hydroxylation is 2. The van der Waals surface area contributed by atoms with E-state index in [2.05, 4.69) is 39.0 Å². The van der Waals surface area contributed by atoms with Crippen molar-refractivity contribution in [3.8, 4) is 0 Å². The third-order valence-corrected chi connectivity index (χ3v) is 4.33. The molecule has 0 spiro atoms. The minimum atomic E-state index is -0.0825. The first-order valence-electron chi connectivity index (χ1n) is 6.88. The van der Waals surface area contributed by atoms with Crippen molar-refractivity contribution in [1.29, 1.82) is 0 Å². The van der Waals surface area contributed by atoms with Gasteiger partial charge in [0.2, 0.25) is 0 Å². The minimum Gasteiger partial charge on any atom is -0.321 e. The Morgan fingerprint density at radius 2 is 1.94 bits per heavy atom. The van der Waals surface area contributed by atoms with E-state index in [1.807, 2.05) is 0 Å². The summed E-state index contributed by atoms with van der Waals surface area (Å²) in [4.78, 5) is 0. The van der Waals surface area contributed by atoms with Crippen LogP contribution in [0.4, 0.5) is 0 Å². The summed E-state index contributed by atoms with van der Waals surface area (Å²) in [6.07, 6.45) is 6.15. The molecular formula is C16H25N. The molecule has 1 heteroatoms. The van der Waals surface area contributed by atoms with Gasteiger partial charge in [-0.25, -0.2) is 0 Å². The Bertz CT molecular complexity index is 397. The molecule has 0 aliphatic heterocycles. The molecule has 1 aromatic rings. The normalized spacial score (nSPS) is 30.0. The van der Waals surface area contributed by atoms with Gasteiger partial charge in [-0.3, -0.25) is 0 Å². The number of benzene rings is 1. The standard InChI is InChI=1S/C16H25N/c1-12-5-4-9-16(17,10-8-12)15-11-13(2)6-7-14(15)3/h6-7,11-12H,4-5,8-10,17H2,1-3H3. The molecule has 0 radical (unpaired) electrons. The van der Waals surface area contributed by atoms with Gasteiger partial charge in [-0.15, -0.1) is 0 Å². The van der Waals surface area contributed by atoms with Crippen LogP contribution >= 0.6 is 0 Å². The summed E-state index contributed by atoms with van der Waals surface area (Å²) in [6.45, 7) is 6.71. The molecule has 1 aliphatic carbocycles. The fourth-order valence-electron chi connectivity index (χ4n) is 3.08. The van der Waals surface area contributed by atoms with Gasteiger partial charge in [-0.05, 0) is 50.2 Å². The number of nitrogens with two attached hydrogens (primary N) is 1. The summed E-state index contributed by atoms with van der Waals surface area (Å²) in [5.74, 6) is 0.838. The minimum absolute atomic E-state index is 0.0825. The molecule has 0 bridgehead atoms. The largest absolute Gasteiger partial charge is 0.321 e. The third-order valence-electron chi connectivity index (χ3n) is 4.33. The molecule has 1 nitrogen and oxygen atoms in total. The van der Waals surface area contributed by atoms with Crippen LogP contribution in [0.2, 0.25) is 0 Å². The molecule has 2 rings (SSSR count). The van der Waals surface area contributed by atoms with Crippen molar-refractivity contribution in [3.05, 3.63) is 34.9 Å². The Balaban J connectivity index is 2.33. The lowest BCUT2D eigenvalue weighted by molar-refractivity contribution is 0.376. The van der Waals surface area contributed by atoms with E-state index in [1.165, 1.54) is 36.0 Å². The molecule has 94 valence electrons. The molecule has 1 aromatic carbocycles. The van der Waals surface area contributed by atoms with Crippen molar-refractivity contribution < 1.29 is 0 Å². The van der Waals surface area contributed by atoms with Gasteiger partial charge in [0.25, 0.3) is 0 Å². The van der Waals surface area contributed by atoms with E-state index < -0.39 is 0 Å². The number of hydrogen-bond donors (Lipinski definition) is 1. The van der Waals surface area contributed by atoms with Crippen LogP contribution in [0.5, 0.6) is 0 Å². The maximum Gasteiger partial charge on any atom is 0.0412 e. The van der Waals surface area contributed by atoms with E-state index in [0.29, 0.717) is 0 Å². The van der Waals surface area contributed by atoms with Crippen molar-refractivity contribution in [2.24, 2.45) is 11.7 Å². The molecule has 1 aliphatic rings. The quantitative estimate of drug-likeness (QED) is 0.725. The molecule has 0 heterocycles. The van der Waals surface area contributed by atoms with Gasteiger partial charge in [0, 0.05) is 5.54 Å². The van der Waals surface area contributed by atoms with Crippen molar-refractivity contribution >= 4 is 0 Å². The van der Waals surface area contributed by atoms with Gasteiger partial charge < -0.3 is 5.73 Å². The second-order valence-corrected chi connectivity index (χ2v) is 6.01. The molecule has 2 atom stereocenters. The van der Waals surface area contributed by atoms with Crippen molar-refractivity contribution in [3.63, 3.8) is 0 Å². The summed E-state index contributed by atoms with van der Waals surface area (Å²) in [5, 5.41) is 0. The van der Waals surface area contributed by atoms with Crippen LogP contribution in [-0.4, -0.2) is 0 Å². The Kier molecular flexibility index (Phi) is 3.58. The second-order valence-electron chi connectivity index (χ2n) is 6.01. The fourth-order valence-corrected chi connectivity index (χ4v) is 3.08. The van der Waals surface area contributed by atoms with Gasteiger partial charge in [0.15, 0.2) is 0 Å². The molecule has 2 unspecified atom stereocenters. The van der Waals surface area contributed by atoms with Gasteiger partial charge in [0.1, 0.15) is 0 Å². The van der Waals surface area contributed by atoms with Crippen molar-refractivity contribution in [2.45, 2.75) is 58.4 Å². The lowest BCUT2D eigenvalue weighted by atomic mass is 9.81. The first-order valence-corrected chi connectivity index (χ1v) is 6.88. The van der Waals surface area contributed by atoms with E-state index in [0.717, 1.165) is 18.8 Å². The summed E-state index contributed by atoms with van der Waals surface area (Å²) < 4.78 is 0. The molecule has 1 saturated carbocycles. The molecule has 1 fully saturated rings. The number of rotatable bonds is 1. The van der Waals surface area contributed by atoms with Crippen LogP contribution in [-0.2, 0) is 5.54 Å². The highest BCUT2D eigenvalue weighted by Gasteiger charge is 2.31. The second kappa shape index (κ2) is 4.81. The third kappa shape index (κ3) is 2.71. The topological polar surface area (TPSA) is 26.0 Å². The Morgan fingerprint density at radius 1 is 1.18 bits per heavy atom. The van der Waals surface area contributed by atoms with Crippen molar-refractivity contribution in [2.75, 3.05) is 0 Å². The van der Waals surface area contributed by atoms with Gasteiger partial charge in [0.05, 0.1) is 0 Å². The van der Waals surface area contributed by atoms with E-state index in [-0.39, 0.29) is 5.54 Å². The Morgan fingerprint density at radius 3 is 2.71 bits per heavy atom. The van der Waals surface area contributed by atoms with Gasteiger partial charge in [-0.1, -0.05) is 43.5 Å². The summed E-state index contributed by atoms with van der Waals surface area (Å²) in [6, 6.07) is 6.69. The van der Waals surface area contributed by atoms with E-state index >= 15 is 0 Å². The van der Waals surface area contributed by atoms with Crippen LogP contribution in [0.3, 0.4) is 0 Å². The number of hydrogen-bond acceptors (Lipinski definition) is 1. The monoisotopic (exact) mass is 231 g/mol. The van der Waals surface area contributed by atoms with E-state index in [9.17, 15) is 0 Å². The average Bonchev–Trinajstić information content (AvgIpc) is 2.46. The lowest BCUT2D eigenvalue weighted by Crippen LogP contribution is -2.36. The van der Waals surface area contributed by atoms with Gasteiger partial charge >= 0.3 is 0 Å². The lowest BCUT2D eigenvalue weighted by Gasteiger charge is -2.31. The van der Waals surface area contributed by atoms with Crippen LogP contribution in [0, 0.1) is 19.8 Å². The predicted molar refractivity (Wildman–Crippen MR) is 74.0 cm³/mol. The fraction of sp³-hybridized carbons (Fsp3) is 0.625. The summed E-state index contributed by atoms with van der Waals surface area (Å²) >= 11 is 0. The van der Waals surface area contributed by atoms with Gasteiger partial charge in [-0.2, -0.15) is 0 Å². The SMILES string of the molecule is Cc1ccc(C)c(C2(N)CCCC(C)CC2)c1. The molecule has 0 aromatic heterocycles. The zero-order chi connectivity index (χ0) is 12.5. The van der Waals surface area contributed by atoms with E-state index in [1.54, 1.807) is 0 Å². The first-order chi connectivity index (χ1) is 8.01. The smallest absolute Gasteiger partial charge is 0.0412 e. The van der Waals surface area contributed by atoms with Crippen LogP contribution in [0.1, 0.15) is 55.7 Å². The maximum atomic E-state index is 6.71. The highest BCUT2D eigenvalue weighted by Crippen LogP contribution is 2.37. The highest BCUT2D eigenvalue weighted by molar-refractivity contribution is 5.36. The molecule has 17 heavy (non-hydrogen) atoms. The molecule has 0 saturated heterocycles. The zero-order valence-electron chi connectivity index (χ0n) is 11.4. The summed E-state index contributed by atoms with van der Waals surface area (Å²) in [7, 11) is 0. The molecule has 0 amide bonds. The summed E-state index contributed by atoms with van der Waals surface area (Å²) in [5.41, 5.74) is 10.7. The Hall–Kier alpha value is -0.820. The average molecular weight is 231 g/mol. The first kappa shape index (κ1) is 12.6. The van der Waals surface area contributed by atoms with E-state index in [4.69, 9.17) is 5.73 Å². The van der Waals surface area contributed by atoms with Crippen LogP contribution in [0.15, 0.2) is 18.2 Å². The van der Waals surface area contributed by atoms with Crippen LogP contribution < -0.4 is 5.73 Å². The molecular weight excluding hydrogens is 206 g/mol. The zero-order valence-corrected chi connectivity index (χ0v) is 11.4. The van der Waals surface area contributed by atoms with Crippen molar-refractivity contribution in [1.82, 2.24) is 0 Å². The maximum absolute atomic E-state index is 6.71. The Labute approximate surface area is 105 Å². The molecule has 2 N–H and O–H groups in total.